The Hall–Kier alpha value is -2.55. The number of hydrogen-bond acceptors (Lipinski definition) is 3. The van der Waals surface area contributed by atoms with Gasteiger partial charge in [0.15, 0.2) is 0 Å². The Morgan fingerprint density at radius 1 is 1.03 bits per heavy atom. The zero-order valence-corrected chi connectivity index (χ0v) is 19.9. The van der Waals surface area contributed by atoms with E-state index in [4.69, 9.17) is 0 Å². The molecule has 0 aliphatic carbocycles. The topological polar surface area (TPSA) is 75.3 Å². The molecule has 3 aromatic carbocycles. The number of carbonyl (C=O) groups excluding carboxylic acids is 1. The van der Waals surface area contributed by atoms with E-state index in [0.29, 0.717) is 16.8 Å². The number of benzene rings is 3. The summed E-state index contributed by atoms with van der Waals surface area (Å²) in [6.45, 7) is 3.82. The first-order chi connectivity index (χ1) is 15.0. The third-order valence-corrected chi connectivity index (χ3v) is 7.46. The second-order valence-electron chi connectivity index (χ2n) is 8.48. The van der Waals surface area contributed by atoms with E-state index in [1.807, 2.05) is 19.9 Å². The molecule has 0 bridgehead atoms. The van der Waals surface area contributed by atoms with Gasteiger partial charge in [-0.3, -0.25) is 4.79 Å². The highest BCUT2D eigenvalue weighted by Gasteiger charge is 2.33. The zero-order chi connectivity index (χ0) is 23.1. The molecule has 1 aliphatic heterocycles. The van der Waals surface area contributed by atoms with Crippen LogP contribution in [0.4, 0.5) is 10.1 Å². The minimum absolute atomic E-state index is 0.0804. The Bertz CT molecular complexity index is 1260. The monoisotopic (exact) mass is 516 g/mol. The van der Waals surface area contributed by atoms with Gasteiger partial charge in [-0.2, -0.15) is 4.72 Å². The maximum atomic E-state index is 14.0. The minimum atomic E-state index is -3.98. The predicted octanol–water partition coefficient (Wildman–Crippen LogP) is 5.28. The van der Waals surface area contributed by atoms with Crippen LogP contribution in [0, 0.1) is 5.82 Å². The first-order valence-electron chi connectivity index (χ1n) is 10.0. The molecule has 32 heavy (non-hydrogen) atoms. The van der Waals surface area contributed by atoms with Gasteiger partial charge in [0.25, 0.3) is 0 Å². The highest BCUT2D eigenvalue weighted by atomic mass is 79.9. The molecular formula is C24H22BrFN2O3S. The van der Waals surface area contributed by atoms with E-state index in [1.54, 1.807) is 42.5 Å². The fraction of sp³-hybridized carbons (Fsp3) is 0.208. The van der Waals surface area contributed by atoms with Gasteiger partial charge in [0.05, 0.1) is 10.9 Å². The normalized spacial score (nSPS) is 16.2. The molecule has 166 valence electrons. The average molecular weight is 517 g/mol. The van der Waals surface area contributed by atoms with Crippen LogP contribution in [0.5, 0.6) is 0 Å². The summed E-state index contributed by atoms with van der Waals surface area (Å²) >= 11 is 3.41. The number of amides is 1. The van der Waals surface area contributed by atoms with Gasteiger partial charge < -0.3 is 5.32 Å². The van der Waals surface area contributed by atoms with E-state index < -0.39 is 27.3 Å². The summed E-state index contributed by atoms with van der Waals surface area (Å²) in [7, 11) is -3.98. The molecule has 0 spiro atoms. The number of halogens is 2. The van der Waals surface area contributed by atoms with E-state index in [-0.39, 0.29) is 17.2 Å². The first kappa shape index (κ1) is 22.6. The Kier molecular flexibility index (Phi) is 5.96. The fourth-order valence-electron chi connectivity index (χ4n) is 3.97. The van der Waals surface area contributed by atoms with E-state index in [0.717, 1.165) is 10.0 Å². The molecule has 4 rings (SSSR count). The van der Waals surface area contributed by atoms with Gasteiger partial charge in [-0.25, -0.2) is 12.8 Å². The molecule has 0 radical (unpaired) electrons. The quantitative estimate of drug-likeness (QED) is 0.484. The minimum Gasteiger partial charge on any atom is -0.326 e. The molecule has 8 heteroatoms. The summed E-state index contributed by atoms with van der Waals surface area (Å²) in [5.41, 5.74) is 2.01. The lowest BCUT2D eigenvalue weighted by atomic mass is 9.78. The van der Waals surface area contributed by atoms with Crippen molar-refractivity contribution >= 4 is 37.5 Å². The van der Waals surface area contributed by atoms with Gasteiger partial charge in [-0.15, -0.1) is 0 Å². The standard InChI is InChI=1S/C24H22BrFN2O3S/c1-24(2)14-22(29)27-21-10-9-19(13-20(21)24)32(30,31)28-23(15-5-3-7-17(25)11-15)16-6-4-8-18(26)12-16/h3-13,23,28H,14H2,1-2H3,(H,27,29). The molecule has 5 nitrogen and oxygen atoms in total. The number of rotatable bonds is 5. The molecule has 3 aromatic rings. The number of anilines is 1. The van der Waals surface area contributed by atoms with Crippen molar-refractivity contribution in [2.24, 2.45) is 0 Å². The van der Waals surface area contributed by atoms with Crippen LogP contribution in [0.3, 0.4) is 0 Å². The van der Waals surface area contributed by atoms with Crippen molar-refractivity contribution in [2.75, 3.05) is 5.32 Å². The van der Waals surface area contributed by atoms with Gasteiger partial charge in [0.2, 0.25) is 15.9 Å². The zero-order valence-electron chi connectivity index (χ0n) is 17.5. The molecule has 0 saturated heterocycles. The van der Waals surface area contributed by atoms with Crippen LogP contribution < -0.4 is 10.0 Å². The van der Waals surface area contributed by atoms with Crippen molar-refractivity contribution in [1.82, 2.24) is 4.72 Å². The van der Waals surface area contributed by atoms with Crippen molar-refractivity contribution < 1.29 is 17.6 Å². The third-order valence-electron chi connectivity index (χ3n) is 5.54. The van der Waals surface area contributed by atoms with Crippen molar-refractivity contribution in [2.45, 2.75) is 36.6 Å². The van der Waals surface area contributed by atoms with Crippen LogP contribution in [0.25, 0.3) is 0 Å². The summed E-state index contributed by atoms with van der Waals surface area (Å²) in [4.78, 5) is 12.0. The molecule has 0 fully saturated rings. The van der Waals surface area contributed by atoms with E-state index in [2.05, 4.69) is 26.0 Å². The highest BCUT2D eigenvalue weighted by Crippen LogP contribution is 2.38. The Morgan fingerprint density at radius 3 is 2.41 bits per heavy atom. The summed E-state index contributed by atoms with van der Waals surface area (Å²) in [6.07, 6.45) is 0.265. The number of fused-ring (bicyclic) bond motifs is 1. The second kappa shape index (κ2) is 8.42. The first-order valence-corrected chi connectivity index (χ1v) is 12.3. The van der Waals surface area contributed by atoms with Gasteiger partial charge in [0.1, 0.15) is 5.82 Å². The van der Waals surface area contributed by atoms with E-state index in [1.165, 1.54) is 18.2 Å². The number of nitrogens with one attached hydrogen (secondary N) is 2. The maximum absolute atomic E-state index is 14.0. The Labute approximate surface area is 195 Å². The van der Waals surface area contributed by atoms with Crippen LogP contribution in [-0.4, -0.2) is 14.3 Å². The lowest BCUT2D eigenvalue weighted by Gasteiger charge is -2.32. The van der Waals surface area contributed by atoms with Gasteiger partial charge in [-0.1, -0.05) is 54.0 Å². The summed E-state index contributed by atoms with van der Waals surface area (Å²) < 4.78 is 44.3. The number of carbonyl (C=O) groups is 1. The van der Waals surface area contributed by atoms with Crippen molar-refractivity contribution in [3.63, 3.8) is 0 Å². The molecule has 1 unspecified atom stereocenters. The van der Waals surface area contributed by atoms with E-state index in [9.17, 15) is 17.6 Å². The van der Waals surface area contributed by atoms with Crippen LogP contribution in [0.15, 0.2) is 76.1 Å². The van der Waals surface area contributed by atoms with Crippen molar-refractivity contribution in [1.29, 1.82) is 0 Å². The van der Waals surface area contributed by atoms with Crippen molar-refractivity contribution in [3.05, 3.63) is 93.7 Å². The molecule has 0 aromatic heterocycles. The number of hydrogen-bond donors (Lipinski definition) is 2. The maximum Gasteiger partial charge on any atom is 0.241 e. The lowest BCUT2D eigenvalue weighted by Crippen LogP contribution is -2.33. The largest absolute Gasteiger partial charge is 0.326 e. The van der Waals surface area contributed by atoms with Crippen LogP contribution in [-0.2, 0) is 20.2 Å². The Morgan fingerprint density at radius 2 is 1.72 bits per heavy atom. The molecule has 0 saturated carbocycles. The molecular weight excluding hydrogens is 495 g/mol. The van der Waals surface area contributed by atoms with Crippen LogP contribution in [0.1, 0.15) is 43.0 Å². The molecule has 1 heterocycles. The van der Waals surface area contributed by atoms with E-state index >= 15 is 0 Å². The fourth-order valence-corrected chi connectivity index (χ4v) is 5.63. The predicted molar refractivity (Wildman–Crippen MR) is 125 cm³/mol. The number of sulfonamides is 1. The molecule has 1 aliphatic rings. The van der Waals surface area contributed by atoms with Gasteiger partial charge >= 0.3 is 0 Å². The lowest BCUT2D eigenvalue weighted by molar-refractivity contribution is -0.117. The third kappa shape index (κ3) is 4.62. The molecule has 1 amide bonds. The molecule has 2 N–H and O–H groups in total. The van der Waals surface area contributed by atoms with Crippen LogP contribution in [0.2, 0.25) is 0 Å². The van der Waals surface area contributed by atoms with Gasteiger partial charge in [-0.05, 0) is 59.2 Å². The summed E-state index contributed by atoms with van der Waals surface area (Å²) in [5, 5.41) is 2.80. The van der Waals surface area contributed by atoms with Crippen LogP contribution >= 0.6 is 15.9 Å². The van der Waals surface area contributed by atoms with Gasteiger partial charge in [0, 0.05) is 22.0 Å². The SMILES string of the molecule is CC1(C)CC(=O)Nc2ccc(S(=O)(=O)NC(c3cccc(F)c3)c3cccc(Br)c3)cc21. The highest BCUT2D eigenvalue weighted by molar-refractivity contribution is 9.10. The average Bonchev–Trinajstić information content (AvgIpc) is 2.71. The smallest absolute Gasteiger partial charge is 0.241 e. The van der Waals surface area contributed by atoms with Crippen molar-refractivity contribution in [3.8, 4) is 0 Å². The molecule has 1 atom stereocenters. The summed E-state index contributed by atoms with van der Waals surface area (Å²) in [6, 6.07) is 17.0. The summed E-state index contributed by atoms with van der Waals surface area (Å²) in [5.74, 6) is -0.551. The Balaban J connectivity index is 1.76. The second-order valence-corrected chi connectivity index (χ2v) is 11.1.